The molecule has 0 fully saturated rings. The Kier molecular flexibility index (Phi) is 5.08. The first-order valence-corrected chi connectivity index (χ1v) is 6.87. The summed E-state index contributed by atoms with van der Waals surface area (Å²) >= 11 is 11.1. The summed E-state index contributed by atoms with van der Waals surface area (Å²) in [5.41, 5.74) is 1.43. The van der Waals surface area contributed by atoms with E-state index in [4.69, 9.17) is 23.8 Å². The van der Waals surface area contributed by atoms with Crippen LogP contribution in [-0.2, 0) is 6.54 Å². The number of nitrogens with zero attached hydrogens (tertiary/aromatic N) is 1. The van der Waals surface area contributed by atoms with Crippen LogP contribution in [-0.4, -0.2) is 10.0 Å². The van der Waals surface area contributed by atoms with Gasteiger partial charge in [-0.2, -0.15) is 0 Å². The lowest BCUT2D eigenvalue weighted by Crippen LogP contribution is -2.28. The van der Waals surface area contributed by atoms with E-state index in [0.717, 1.165) is 5.56 Å². The third kappa shape index (κ3) is 4.40. The molecule has 2 N–H and O–H groups in total. The molecular formula is C14H12ClN3O2S. The van der Waals surface area contributed by atoms with E-state index in [0.29, 0.717) is 22.4 Å². The van der Waals surface area contributed by atoms with Crippen molar-refractivity contribution in [3.63, 3.8) is 0 Å². The summed E-state index contributed by atoms with van der Waals surface area (Å²) in [6.45, 7) is 0.555. The Morgan fingerprint density at radius 3 is 2.62 bits per heavy atom. The number of hydrogen-bond donors (Lipinski definition) is 2. The maximum absolute atomic E-state index is 10.7. The maximum atomic E-state index is 10.7. The summed E-state index contributed by atoms with van der Waals surface area (Å²) in [7, 11) is 0. The van der Waals surface area contributed by atoms with E-state index in [9.17, 15) is 10.1 Å². The van der Waals surface area contributed by atoms with E-state index in [1.165, 1.54) is 18.2 Å². The minimum Gasteiger partial charge on any atom is -0.358 e. The van der Waals surface area contributed by atoms with Crippen molar-refractivity contribution in [2.75, 3.05) is 5.32 Å². The van der Waals surface area contributed by atoms with Crippen molar-refractivity contribution in [2.45, 2.75) is 6.54 Å². The standard InChI is InChI=1S/C14H12ClN3O2S/c15-12-7-6-11(18(19)20)8-13(12)17-14(21)16-9-10-4-2-1-3-5-10/h1-8H,9H2,(H2,16,17,21). The number of benzene rings is 2. The molecule has 0 aliphatic carbocycles. The Morgan fingerprint density at radius 1 is 1.24 bits per heavy atom. The van der Waals surface area contributed by atoms with E-state index >= 15 is 0 Å². The first-order valence-electron chi connectivity index (χ1n) is 6.09. The van der Waals surface area contributed by atoms with Gasteiger partial charge < -0.3 is 10.6 Å². The highest BCUT2D eigenvalue weighted by atomic mass is 35.5. The molecule has 0 atom stereocenters. The number of anilines is 1. The number of nitrogens with one attached hydrogen (secondary N) is 2. The lowest BCUT2D eigenvalue weighted by molar-refractivity contribution is -0.384. The molecule has 5 nitrogen and oxygen atoms in total. The van der Waals surface area contributed by atoms with Gasteiger partial charge in [0.15, 0.2) is 5.11 Å². The molecule has 0 bridgehead atoms. The van der Waals surface area contributed by atoms with Crippen molar-refractivity contribution in [3.8, 4) is 0 Å². The van der Waals surface area contributed by atoms with Gasteiger partial charge in [-0.25, -0.2) is 0 Å². The van der Waals surface area contributed by atoms with Crippen molar-refractivity contribution in [1.29, 1.82) is 0 Å². The minimum atomic E-state index is -0.484. The van der Waals surface area contributed by atoms with E-state index in [-0.39, 0.29) is 5.69 Å². The van der Waals surface area contributed by atoms with Crippen molar-refractivity contribution in [2.24, 2.45) is 0 Å². The van der Waals surface area contributed by atoms with Crippen LogP contribution < -0.4 is 10.6 Å². The summed E-state index contributed by atoms with van der Waals surface area (Å²) in [5, 5.41) is 17.3. The van der Waals surface area contributed by atoms with E-state index in [1.54, 1.807) is 0 Å². The highest BCUT2D eigenvalue weighted by Crippen LogP contribution is 2.26. The normalized spacial score (nSPS) is 9.95. The van der Waals surface area contributed by atoms with Crippen molar-refractivity contribution in [1.82, 2.24) is 5.32 Å². The second kappa shape index (κ2) is 7.01. The highest BCUT2D eigenvalue weighted by Gasteiger charge is 2.10. The molecule has 0 amide bonds. The summed E-state index contributed by atoms with van der Waals surface area (Å²) in [4.78, 5) is 10.3. The average molecular weight is 322 g/mol. The van der Waals surface area contributed by atoms with E-state index in [1.807, 2.05) is 30.3 Å². The SMILES string of the molecule is O=[N+]([O-])c1ccc(Cl)c(NC(=S)NCc2ccccc2)c1. The number of nitro groups is 1. The van der Waals surface area contributed by atoms with Gasteiger partial charge in [0.05, 0.1) is 15.6 Å². The number of thiocarbonyl (C=S) groups is 1. The number of non-ortho nitro benzene ring substituents is 1. The molecule has 2 rings (SSSR count). The molecule has 0 saturated carbocycles. The van der Waals surface area contributed by atoms with Gasteiger partial charge in [0.25, 0.3) is 5.69 Å². The fourth-order valence-electron chi connectivity index (χ4n) is 1.67. The summed E-state index contributed by atoms with van der Waals surface area (Å²) < 4.78 is 0. The lowest BCUT2D eigenvalue weighted by Gasteiger charge is -2.11. The predicted octanol–water partition coefficient (Wildman–Crippen LogP) is 3.73. The van der Waals surface area contributed by atoms with Gasteiger partial charge >= 0.3 is 0 Å². The van der Waals surface area contributed by atoms with Gasteiger partial charge in [-0.05, 0) is 23.8 Å². The fraction of sp³-hybridized carbons (Fsp3) is 0.0714. The van der Waals surface area contributed by atoms with Crippen LogP contribution in [0.4, 0.5) is 11.4 Å². The molecule has 108 valence electrons. The lowest BCUT2D eigenvalue weighted by atomic mass is 10.2. The van der Waals surface area contributed by atoms with E-state index < -0.39 is 4.92 Å². The molecular weight excluding hydrogens is 310 g/mol. The quantitative estimate of drug-likeness (QED) is 0.510. The molecule has 0 aliphatic heterocycles. The molecule has 0 aromatic heterocycles. The molecule has 7 heteroatoms. The third-order valence-corrected chi connectivity index (χ3v) is 3.28. The second-order valence-corrected chi connectivity index (χ2v) is 5.03. The molecule has 0 unspecified atom stereocenters. The van der Waals surface area contributed by atoms with Crippen LogP contribution in [0.1, 0.15) is 5.56 Å². The van der Waals surface area contributed by atoms with Gasteiger partial charge in [-0.15, -0.1) is 0 Å². The van der Waals surface area contributed by atoms with Crippen LogP contribution in [0.2, 0.25) is 5.02 Å². The van der Waals surface area contributed by atoms with Crippen LogP contribution in [0.5, 0.6) is 0 Å². The fourth-order valence-corrected chi connectivity index (χ4v) is 2.01. The van der Waals surface area contributed by atoms with Gasteiger partial charge in [-0.1, -0.05) is 41.9 Å². The number of hydrogen-bond acceptors (Lipinski definition) is 3. The zero-order valence-electron chi connectivity index (χ0n) is 10.9. The Bertz CT molecular complexity index is 665. The van der Waals surface area contributed by atoms with Crippen molar-refractivity contribution < 1.29 is 4.92 Å². The maximum Gasteiger partial charge on any atom is 0.271 e. The Morgan fingerprint density at radius 2 is 1.95 bits per heavy atom. The minimum absolute atomic E-state index is 0.0484. The van der Waals surface area contributed by atoms with Gasteiger partial charge in [-0.3, -0.25) is 10.1 Å². The first-order chi connectivity index (χ1) is 10.1. The monoisotopic (exact) mass is 321 g/mol. The van der Waals surface area contributed by atoms with Crippen LogP contribution in [0.3, 0.4) is 0 Å². The van der Waals surface area contributed by atoms with Crippen molar-refractivity contribution in [3.05, 3.63) is 69.2 Å². The molecule has 0 radical (unpaired) electrons. The first kappa shape index (κ1) is 15.2. The average Bonchev–Trinajstić information content (AvgIpc) is 2.48. The Balaban J connectivity index is 1.99. The molecule has 0 saturated heterocycles. The Labute approximate surface area is 132 Å². The van der Waals surface area contributed by atoms with Gasteiger partial charge in [0.2, 0.25) is 0 Å². The molecule has 2 aromatic carbocycles. The molecule has 0 heterocycles. The zero-order chi connectivity index (χ0) is 15.2. The summed E-state index contributed by atoms with van der Waals surface area (Å²) in [6.07, 6.45) is 0. The highest BCUT2D eigenvalue weighted by molar-refractivity contribution is 7.80. The molecule has 0 spiro atoms. The van der Waals surface area contributed by atoms with Crippen LogP contribution in [0.15, 0.2) is 48.5 Å². The molecule has 0 aliphatic rings. The molecule has 21 heavy (non-hydrogen) atoms. The van der Waals surface area contributed by atoms with Crippen molar-refractivity contribution >= 4 is 40.3 Å². The smallest absolute Gasteiger partial charge is 0.271 e. The zero-order valence-corrected chi connectivity index (χ0v) is 12.4. The third-order valence-electron chi connectivity index (χ3n) is 2.70. The van der Waals surface area contributed by atoms with Gasteiger partial charge in [0, 0.05) is 18.7 Å². The number of rotatable bonds is 4. The second-order valence-electron chi connectivity index (χ2n) is 4.21. The largest absolute Gasteiger partial charge is 0.358 e. The van der Waals surface area contributed by atoms with Crippen LogP contribution in [0, 0.1) is 10.1 Å². The summed E-state index contributed by atoms with van der Waals surface area (Å²) in [6, 6.07) is 13.9. The van der Waals surface area contributed by atoms with E-state index in [2.05, 4.69) is 10.6 Å². The van der Waals surface area contributed by atoms with Crippen LogP contribution >= 0.6 is 23.8 Å². The number of nitro benzene ring substituents is 1. The predicted molar refractivity (Wildman–Crippen MR) is 87.6 cm³/mol. The summed E-state index contributed by atoms with van der Waals surface area (Å²) in [5.74, 6) is 0. The topological polar surface area (TPSA) is 67.2 Å². The van der Waals surface area contributed by atoms with Gasteiger partial charge in [0.1, 0.15) is 0 Å². The van der Waals surface area contributed by atoms with Crippen LogP contribution in [0.25, 0.3) is 0 Å². The Hall–Kier alpha value is -2.18. The number of halogens is 1. The molecule has 2 aromatic rings.